The van der Waals surface area contributed by atoms with E-state index in [1.165, 1.54) is 0 Å². The van der Waals surface area contributed by atoms with Crippen LogP contribution in [-0.2, 0) is 4.79 Å². The minimum Gasteiger partial charge on any atom is -0.481 e. The van der Waals surface area contributed by atoms with Gasteiger partial charge < -0.3 is 16.2 Å². The van der Waals surface area contributed by atoms with Gasteiger partial charge in [0, 0.05) is 18.3 Å². The fourth-order valence-corrected chi connectivity index (χ4v) is 2.13. The molecule has 0 aliphatic carbocycles. The molecular weight excluding hydrogens is 204 g/mol. The Balaban J connectivity index is 2.01. The molecule has 1 aromatic rings. The van der Waals surface area contributed by atoms with Gasteiger partial charge in [-0.2, -0.15) is 0 Å². The lowest BCUT2D eigenvalue weighted by Crippen LogP contribution is -2.36. The first-order valence-corrected chi connectivity index (χ1v) is 5.48. The average molecular weight is 220 g/mol. The Bertz CT molecular complexity index is 384. The lowest BCUT2D eigenvalue weighted by Gasteiger charge is -2.28. The second-order valence-corrected chi connectivity index (χ2v) is 4.24. The first-order valence-electron chi connectivity index (χ1n) is 5.48. The fourth-order valence-electron chi connectivity index (χ4n) is 2.13. The highest BCUT2D eigenvalue weighted by Gasteiger charge is 2.25. The monoisotopic (exact) mass is 220 g/mol. The number of benzene rings is 1. The van der Waals surface area contributed by atoms with Gasteiger partial charge in [0.2, 0.25) is 0 Å². The summed E-state index contributed by atoms with van der Waals surface area (Å²) in [6.07, 6.45) is 1.57. The Kier molecular flexibility index (Phi) is 3.10. The highest BCUT2D eigenvalue weighted by Crippen LogP contribution is 2.26. The summed E-state index contributed by atoms with van der Waals surface area (Å²) < 4.78 is 0. The number of nitrogen functional groups attached to an aromatic ring is 1. The van der Waals surface area contributed by atoms with Crippen LogP contribution in [0.5, 0.6) is 0 Å². The summed E-state index contributed by atoms with van der Waals surface area (Å²) >= 11 is 0. The van der Waals surface area contributed by atoms with Crippen molar-refractivity contribution < 1.29 is 9.90 Å². The van der Waals surface area contributed by atoms with E-state index in [0.717, 1.165) is 24.1 Å². The molecule has 0 spiro atoms. The molecule has 0 amide bonds. The molecule has 0 bridgehead atoms. The number of piperidine rings is 1. The Morgan fingerprint density at radius 1 is 1.44 bits per heavy atom. The third kappa shape index (κ3) is 2.33. The van der Waals surface area contributed by atoms with Gasteiger partial charge in [0.15, 0.2) is 0 Å². The molecule has 86 valence electrons. The third-order valence-electron chi connectivity index (χ3n) is 3.08. The number of rotatable bonds is 2. The summed E-state index contributed by atoms with van der Waals surface area (Å²) in [5, 5.41) is 12.1. The number of anilines is 1. The molecule has 1 aliphatic heterocycles. The molecule has 0 saturated carbocycles. The van der Waals surface area contributed by atoms with E-state index in [1.807, 2.05) is 24.3 Å². The maximum atomic E-state index is 10.8. The number of nitrogens with two attached hydrogens (primary N) is 1. The van der Waals surface area contributed by atoms with Crippen molar-refractivity contribution in [2.24, 2.45) is 5.92 Å². The molecule has 0 aromatic heterocycles. The Morgan fingerprint density at radius 3 is 2.81 bits per heavy atom. The van der Waals surface area contributed by atoms with E-state index in [2.05, 4.69) is 5.32 Å². The number of hydrogen-bond donors (Lipinski definition) is 3. The molecule has 1 saturated heterocycles. The number of aliphatic carboxylic acids is 1. The lowest BCUT2D eigenvalue weighted by molar-refractivity contribution is -0.142. The summed E-state index contributed by atoms with van der Waals surface area (Å²) in [5.41, 5.74) is 7.61. The predicted octanol–water partition coefficient (Wildman–Crippen LogP) is 1.39. The summed E-state index contributed by atoms with van der Waals surface area (Å²) in [4.78, 5) is 10.8. The quantitative estimate of drug-likeness (QED) is 0.658. The van der Waals surface area contributed by atoms with Gasteiger partial charge in [0.1, 0.15) is 0 Å². The van der Waals surface area contributed by atoms with Crippen molar-refractivity contribution in [1.29, 1.82) is 0 Å². The van der Waals surface area contributed by atoms with Crippen LogP contribution < -0.4 is 11.1 Å². The van der Waals surface area contributed by atoms with E-state index in [0.29, 0.717) is 6.54 Å². The zero-order valence-electron chi connectivity index (χ0n) is 9.02. The van der Waals surface area contributed by atoms with E-state index >= 15 is 0 Å². The Labute approximate surface area is 94.5 Å². The molecule has 1 aliphatic rings. The van der Waals surface area contributed by atoms with Crippen molar-refractivity contribution >= 4 is 11.7 Å². The molecular formula is C12H16N2O2. The molecule has 2 rings (SSSR count). The molecule has 1 fully saturated rings. The third-order valence-corrected chi connectivity index (χ3v) is 3.08. The van der Waals surface area contributed by atoms with Crippen molar-refractivity contribution in [1.82, 2.24) is 5.32 Å². The maximum absolute atomic E-state index is 10.8. The van der Waals surface area contributed by atoms with Crippen LogP contribution in [0.3, 0.4) is 0 Å². The van der Waals surface area contributed by atoms with Crippen LogP contribution in [0, 0.1) is 5.92 Å². The molecule has 4 heteroatoms. The van der Waals surface area contributed by atoms with Crippen LogP contribution in [0.15, 0.2) is 24.3 Å². The van der Waals surface area contributed by atoms with E-state index in [4.69, 9.17) is 10.8 Å². The van der Waals surface area contributed by atoms with Gasteiger partial charge in [-0.25, -0.2) is 0 Å². The Morgan fingerprint density at radius 2 is 2.25 bits per heavy atom. The van der Waals surface area contributed by atoms with Gasteiger partial charge >= 0.3 is 5.97 Å². The topological polar surface area (TPSA) is 75.4 Å². The molecule has 1 heterocycles. The zero-order chi connectivity index (χ0) is 11.5. The van der Waals surface area contributed by atoms with Gasteiger partial charge in [0.05, 0.1) is 5.92 Å². The lowest BCUT2D eigenvalue weighted by atomic mass is 9.91. The van der Waals surface area contributed by atoms with Gasteiger partial charge in [-0.1, -0.05) is 12.1 Å². The number of hydrogen-bond acceptors (Lipinski definition) is 3. The fraction of sp³-hybridized carbons (Fsp3) is 0.417. The normalized spacial score (nSPS) is 25.2. The first kappa shape index (κ1) is 11.0. The molecule has 2 atom stereocenters. The molecule has 4 nitrogen and oxygen atoms in total. The molecule has 2 unspecified atom stereocenters. The average Bonchev–Trinajstić information content (AvgIpc) is 2.29. The first-order chi connectivity index (χ1) is 7.66. The van der Waals surface area contributed by atoms with Crippen molar-refractivity contribution in [3.05, 3.63) is 29.8 Å². The number of carboxylic acids is 1. The van der Waals surface area contributed by atoms with Crippen LogP contribution >= 0.6 is 0 Å². The van der Waals surface area contributed by atoms with Crippen LogP contribution in [0.1, 0.15) is 24.4 Å². The van der Waals surface area contributed by atoms with Crippen molar-refractivity contribution in [2.75, 3.05) is 12.3 Å². The smallest absolute Gasteiger partial charge is 0.307 e. The molecule has 16 heavy (non-hydrogen) atoms. The second-order valence-electron chi connectivity index (χ2n) is 4.24. The zero-order valence-corrected chi connectivity index (χ0v) is 9.02. The molecule has 4 N–H and O–H groups in total. The summed E-state index contributed by atoms with van der Waals surface area (Å²) in [6.45, 7) is 0.537. The SMILES string of the molecule is Nc1cccc(C2CCC(C(=O)O)CN2)c1. The van der Waals surface area contributed by atoms with Gasteiger partial charge in [-0.3, -0.25) is 4.79 Å². The number of carbonyl (C=O) groups is 1. The van der Waals surface area contributed by atoms with Crippen LogP contribution in [-0.4, -0.2) is 17.6 Å². The van der Waals surface area contributed by atoms with Crippen molar-refractivity contribution in [3.63, 3.8) is 0 Å². The van der Waals surface area contributed by atoms with Crippen LogP contribution in [0.2, 0.25) is 0 Å². The van der Waals surface area contributed by atoms with E-state index in [9.17, 15) is 4.79 Å². The Hall–Kier alpha value is -1.55. The van der Waals surface area contributed by atoms with Gasteiger partial charge in [-0.05, 0) is 30.5 Å². The highest BCUT2D eigenvalue weighted by atomic mass is 16.4. The van der Waals surface area contributed by atoms with E-state index in [-0.39, 0.29) is 12.0 Å². The van der Waals surface area contributed by atoms with Gasteiger partial charge in [0.25, 0.3) is 0 Å². The van der Waals surface area contributed by atoms with Crippen molar-refractivity contribution in [3.8, 4) is 0 Å². The summed E-state index contributed by atoms with van der Waals surface area (Å²) in [6, 6.07) is 7.98. The highest BCUT2D eigenvalue weighted by molar-refractivity contribution is 5.70. The van der Waals surface area contributed by atoms with Crippen LogP contribution in [0.4, 0.5) is 5.69 Å². The summed E-state index contributed by atoms with van der Waals surface area (Å²) in [5.74, 6) is -0.962. The standard InChI is InChI=1S/C12H16N2O2/c13-10-3-1-2-8(6-10)11-5-4-9(7-14-11)12(15)16/h1-3,6,9,11,14H,4-5,7,13H2,(H,15,16). The van der Waals surface area contributed by atoms with Crippen LogP contribution in [0.25, 0.3) is 0 Å². The minimum absolute atomic E-state index is 0.235. The van der Waals surface area contributed by atoms with E-state index < -0.39 is 5.97 Å². The molecule has 1 aromatic carbocycles. The maximum Gasteiger partial charge on any atom is 0.307 e. The van der Waals surface area contributed by atoms with Gasteiger partial charge in [-0.15, -0.1) is 0 Å². The minimum atomic E-state index is -0.710. The number of nitrogens with one attached hydrogen (secondary N) is 1. The van der Waals surface area contributed by atoms with Crippen molar-refractivity contribution in [2.45, 2.75) is 18.9 Å². The molecule has 0 radical (unpaired) electrons. The summed E-state index contributed by atoms with van der Waals surface area (Å²) in [7, 11) is 0. The second kappa shape index (κ2) is 4.53. The van der Waals surface area contributed by atoms with E-state index in [1.54, 1.807) is 0 Å². The number of carboxylic acid groups (broad SMARTS) is 1. The predicted molar refractivity (Wildman–Crippen MR) is 62.0 cm³/mol. The largest absolute Gasteiger partial charge is 0.481 e.